The SMILES string of the molecule is CCNC(=NCc1ccc(C)cc1OCC1CCOC1)NCCCc1nc2ccccc2[nH]1. The fourth-order valence-corrected chi connectivity index (χ4v) is 3.94. The maximum absolute atomic E-state index is 6.17. The van der Waals surface area contributed by atoms with Crippen molar-refractivity contribution < 1.29 is 9.47 Å². The number of ether oxygens (including phenoxy) is 2. The van der Waals surface area contributed by atoms with Gasteiger partial charge in [0.25, 0.3) is 0 Å². The van der Waals surface area contributed by atoms with Gasteiger partial charge < -0.3 is 25.1 Å². The van der Waals surface area contributed by atoms with Crippen LogP contribution in [0.3, 0.4) is 0 Å². The van der Waals surface area contributed by atoms with Crippen LogP contribution >= 0.6 is 0 Å². The van der Waals surface area contributed by atoms with Crippen LogP contribution in [-0.4, -0.2) is 48.8 Å². The summed E-state index contributed by atoms with van der Waals surface area (Å²) < 4.78 is 11.6. The normalized spacial score (nSPS) is 16.3. The average Bonchev–Trinajstić information content (AvgIpc) is 3.49. The van der Waals surface area contributed by atoms with E-state index in [1.165, 1.54) is 5.56 Å². The number of H-pyrrole nitrogens is 1. The lowest BCUT2D eigenvalue weighted by Crippen LogP contribution is -2.37. The molecule has 1 aliphatic heterocycles. The molecule has 0 saturated carbocycles. The summed E-state index contributed by atoms with van der Waals surface area (Å²) >= 11 is 0. The molecule has 0 spiro atoms. The van der Waals surface area contributed by atoms with E-state index < -0.39 is 0 Å². The Labute approximate surface area is 196 Å². The second-order valence-electron chi connectivity index (χ2n) is 8.58. The van der Waals surface area contributed by atoms with Crippen molar-refractivity contribution in [3.8, 4) is 5.75 Å². The van der Waals surface area contributed by atoms with Crippen molar-refractivity contribution in [2.24, 2.45) is 10.9 Å². The second kappa shape index (κ2) is 11.7. The first kappa shape index (κ1) is 23.1. The Kier molecular flexibility index (Phi) is 8.19. The third-order valence-electron chi connectivity index (χ3n) is 5.79. The number of fused-ring (bicyclic) bond motifs is 1. The van der Waals surface area contributed by atoms with Gasteiger partial charge in [-0.25, -0.2) is 9.98 Å². The highest BCUT2D eigenvalue weighted by Gasteiger charge is 2.17. The molecule has 1 fully saturated rings. The van der Waals surface area contributed by atoms with Crippen molar-refractivity contribution >= 4 is 17.0 Å². The van der Waals surface area contributed by atoms with E-state index in [9.17, 15) is 0 Å². The number of imidazole rings is 1. The van der Waals surface area contributed by atoms with Gasteiger partial charge in [0.05, 0.1) is 30.8 Å². The highest BCUT2D eigenvalue weighted by Crippen LogP contribution is 2.23. The van der Waals surface area contributed by atoms with Gasteiger partial charge in [-0.2, -0.15) is 0 Å². The van der Waals surface area contributed by atoms with Crippen molar-refractivity contribution in [3.63, 3.8) is 0 Å². The van der Waals surface area contributed by atoms with E-state index >= 15 is 0 Å². The molecule has 1 unspecified atom stereocenters. The summed E-state index contributed by atoms with van der Waals surface area (Å²) in [6.07, 6.45) is 2.93. The standard InChI is InChI=1S/C26H35N5O2/c1-3-27-26(28-13-6-9-25-30-22-7-4-5-8-23(22)31-25)29-16-21-11-10-19(2)15-24(21)33-18-20-12-14-32-17-20/h4-5,7-8,10-11,15,20H,3,6,9,12-14,16-18H2,1-2H3,(H,30,31)(H2,27,28,29). The number of aliphatic imine (C=N–C) groups is 1. The lowest BCUT2D eigenvalue weighted by molar-refractivity contribution is 0.166. The molecular formula is C26H35N5O2. The van der Waals surface area contributed by atoms with E-state index in [1.54, 1.807) is 0 Å². The van der Waals surface area contributed by atoms with Crippen LogP contribution in [0, 0.1) is 12.8 Å². The fraction of sp³-hybridized carbons (Fsp3) is 0.462. The Bertz CT molecular complexity index is 1020. The van der Waals surface area contributed by atoms with Gasteiger partial charge in [0.1, 0.15) is 11.6 Å². The zero-order valence-corrected chi connectivity index (χ0v) is 19.7. The molecule has 0 amide bonds. The molecule has 3 aromatic rings. The summed E-state index contributed by atoms with van der Waals surface area (Å²) in [5.41, 5.74) is 4.40. The third kappa shape index (κ3) is 6.71. The highest BCUT2D eigenvalue weighted by molar-refractivity contribution is 5.79. The zero-order valence-electron chi connectivity index (χ0n) is 19.7. The molecule has 2 heterocycles. The average molecular weight is 450 g/mol. The van der Waals surface area contributed by atoms with Gasteiger partial charge in [0.15, 0.2) is 5.96 Å². The van der Waals surface area contributed by atoms with E-state index in [4.69, 9.17) is 14.5 Å². The van der Waals surface area contributed by atoms with Gasteiger partial charge in [0.2, 0.25) is 0 Å². The fourth-order valence-electron chi connectivity index (χ4n) is 3.94. The summed E-state index contributed by atoms with van der Waals surface area (Å²) in [5, 5.41) is 6.78. The molecule has 1 aromatic heterocycles. The van der Waals surface area contributed by atoms with Crippen LogP contribution in [0.2, 0.25) is 0 Å². The number of aromatic nitrogens is 2. The lowest BCUT2D eigenvalue weighted by atomic mass is 10.1. The summed E-state index contributed by atoms with van der Waals surface area (Å²) in [6.45, 7) is 8.70. The van der Waals surface area contributed by atoms with E-state index in [1.807, 2.05) is 18.2 Å². The zero-order chi connectivity index (χ0) is 22.9. The van der Waals surface area contributed by atoms with Crippen LogP contribution in [0.1, 0.15) is 36.7 Å². The molecule has 1 aliphatic rings. The number of aryl methyl sites for hydroxylation is 2. The predicted octanol–water partition coefficient (Wildman–Crippen LogP) is 3.97. The van der Waals surface area contributed by atoms with Gasteiger partial charge >= 0.3 is 0 Å². The van der Waals surface area contributed by atoms with Crippen molar-refractivity contribution in [1.82, 2.24) is 20.6 Å². The van der Waals surface area contributed by atoms with Gasteiger partial charge in [-0.15, -0.1) is 0 Å². The minimum atomic E-state index is 0.479. The smallest absolute Gasteiger partial charge is 0.191 e. The molecule has 176 valence electrons. The van der Waals surface area contributed by atoms with Crippen LogP contribution in [0.15, 0.2) is 47.5 Å². The first-order valence-corrected chi connectivity index (χ1v) is 12.0. The first-order valence-electron chi connectivity index (χ1n) is 12.0. The maximum Gasteiger partial charge on any atom is 0.191 e. The molecule has 33 heavy (non-hydrogen) atoms. The number of hydrogen-bond donors (Lipinski definition) is 3. The molecule has 7 heteroatoms. The molecule has 7 nitrogen and oxygen atoms in total. The molecule has 1 saturated heterocycles. The number of benzene rings is 2. The van der Waals surface area contributed by atoms with Gasteiger partial charge in [-0.3, -0.25) is 0 Å². The van der Waals surface area contributed by atoms with E-state index in [0.29, 0.717) is 19.1 Å². The number of rotatable bonds is 10. The third-order valence-corrected chi connectivity index (χ3v) is 5.79. The van der Waals surface area contributed by atoms with Gasteiger partial charge in [-0.05, 0) is 50.5 Å². The number of nitrogens with zero attached hydrogens (tertiary/aromatic N) is 2. The molecule has 0 aliphatic carbocycles. The molecule has 4 rings (SSSR count). The molecule has 3 N–H and O–H groups in total. The Morgan fingerprint density at radius 3 is 2.97 bits per heavy atom. The number of aromatic amines is 1. The molecular weight excluding hydrogens is 414 g/mol. The highest BCUT2D eigenvalue weighted by atomic mass is 16.5. The number of nitrogens with one attached hydrogen (secondary N) is 3. The van der Waals surface area contributed by atoms with Crippen LogP contribution in [0.25, 0.3) is 11.0 Å². The lowest BCUT2D eigenvalue weighted by Gasteiger charge is -2.15. The van der Waals surface area contributed by atoms with E-state index in [2.05, 4.69) is 58.7 Å². The predicted molar refractivity (Wildman–Crippen MR) is 133 cm³/mol. The maximum atomic E-state index is 6.17. The molecule has 0 bridgehead atoms. The summed E-state index contributed by atoms with van der Waals surface area (Å²) in [6, 6.07) is 14.5. The first-order chi connectivity index (χ1) is 16.2. The van der Waals surface area contributed by atoms with Crippen molar-refractivity contribution in [1.29, 1.82) is 0 Å². The van der Waals surface area contributed by atoms with Gasteiger partial charge in [0, 0.05) is 37.6 Å². The van der Waals surface area contributed by atoms with Crippen LogP contribution in [0.5, 0.6) is 5.75 Å². The quantitative estimate of drug-likeness (QED) is 0.248. The monoisotopic (exact) mass is 449 g/mol. The minimum Gasteiger partial charge on any atom is -0.493 e. The Morgan fingerprint density at radius 1 is 1.24 bits per heavy atom. The molecule has 2 aromatic carbocycles. The van der Waals surface area contributed by atoms with Crippen molar-refractivity contribution in [2.45, 2.75) is 39.7 Å². The largest absolute Gasteiger partial charge is 0.493 e. The van der Waals surface area contributed by atoms with E-state index in [0.717, 1.165) is 79.7 Å². The van der Waals surface area contributed by atoms with Crippen molar-refractivity contribution in [2.75, 3.05) is 32.9 Å². The Hall–Kier alpha value is -3.06. The summed E-state index contributed by atoms with van der Waals surface area (Å²) in [7, 11) is 0. The second-order valence-corrected chi connectivity index (χ2v) is 8.58. The Morgan fingerprint density at radius 2 is 2.15 bits per heavy atom. The summed E-state index contributed by atoms with van der Waals surface area (Å²) in [5.74, 6) is 3.24. The van der Waals surface area contributed by atoms with Gasteiger partial charge in [-0.1, -0.05) is 24.3 Å². The molecule has 0 radical (unpaired) electrons. The van der Waals surface area contributed by atoms with Crippen LogP contribution in [0.4, 0.5) is 0 Å². The minimum absolute atomic E-state index is 0.479. The number of guanidine groups is 1. The number of hydrogen-bond acceptors (Lipinski definition) is 4. The summed E-state index contributed by atoms with van der Waals surface area (Å²) in [4.78, 5) is 12.8. The van der Waals surface area contributed by atoms with Crippen LogP contribution in [-0.2, 0) is 17.7 Å². The Balaban J connectivity index is 1.30. The van der Waals surface area contributed by atoms with E-state index in [-0.39, 0.29) is 0 Å². The number of para-hydroxylation sites is 2. The van der Waals surface area contributed by atoms with Crippen molar-refractivity contribution in [3.05, 3.63) is 59.4 Å². The molecule has 1 atom stereocenters. The topological polar surface area (TPSA) is 83.6 Å². The van der Waals surface area contributed by atoms with Crippen LogP contribution < -0.4 is 15.4 Å².